The highest BCUT2D eigenvalue weighted by atomic mass is 32.2. The molecule has 0 aliphatic carbocycles. The maximum Gasteiger partial charge on any atom is 0.183 e. The first kappa shape index (κ1) is 22.0. The SMILES string of the molecule is CC(C)(CCCN1CCCC(c2ccc3ccccc3c2)C1)S(=O)(=O)c1ccccc1. The number of benzene rings is 3. The van der Waals surface area contributed by atoms with Gasteiger partial charge in [0, 0.05) is 6.54 Å². The summed E-state index contributed by atoms with van der Waals surface area (Å²) in [4.78, 5) is 2.95. The van der Waals surface area contributed by atoms with Crippen molar-refractivity contribution in [2.45, 2.75) is 55.1 Å². The number of hydrogen-bond acceptors (Lipinski definition) is 3. The Morgan fingerprint density at radius 3 is 2.42 bits per heavy atom. The minimum Gasteiger partial charge on any atom is -0.303 e. The number of nitrogens with zero attached hydrogens (tertiary/aromatic N) is 1. The van der Waals surface area contributed by atoms with Crippen LogP contribution in [0, 0.1) is 0 Å². The highest BCUT2D eigenvalue weighted by molar-refractivity contribution is 7.92. The number of piperidine rings is 1. The Balaban J connectivity index is 1.36. The van der Waals surface area contributed by atoms with Crippen molar-refractivity contribution in [3.05, 3.63) is 78.4 Å². The van der Waals surface area contributed by atoms with Crippen LogP contribution in [0.3, 0.4) is 0 Å². The van der Waals surface area contributed by atoms with E-state index < -0.39 is 14.6 Å². The van der Waals surface area contributed by atoms with Gasteiger partial charge in [0.25, 0.3) is 0 Å². The summed E-state index contributed by atoms with van der Waals surface area (Å²) in [7, 11) is -3.33. The molecular weight excluding hydrogens is 402 g/mol. The third-order valence-electron chi connectivity index (χ3n) is 6.78. The zero-order valence-electron chi connectivity index (χ0n) is 18.6. The van der Waals surface area contributed by atoms with Gasteiger partial charge < -0.3 is 4.90 Å². The zero-order chi connectivity index (χ0) is 21.9. The highest BCUT2D eigenvalue weighted by Gasteiger charge is 2.35. The fraction of sp³-hybridized carbons (Fsp3) is 0.407. The Kier molecular flexibility index (Phi) is 6.49. The van der Waals surface area contributed by atoms with Gasteiger partial charge in [-0.25, -0.2) is 8.42 Å². The molecule has 3 nitrogen and oxygen atoms in total. The molecule has 1 unspecified atom stereocenters. The minimum atomic E-state index is -3.33. The summed E-state index contributed by atoms with van der Waals surface area (Å²) in [6.45, 7) is 6.85. The first-order valence-corrected chi connectivity index (χ1v) is 12.9. The molecule has 3 aromatic carbocycles. The summed E-state index contributed by atoms with van der Waals surface area (Å²) in [6, 6.07) is 24.3. The van der Waals surface area contributed by atoms with E-state index in [9.17, 15) is 8.42 Å². The summed E-state index contributed by atoms with van der Waals surface area (Å²) in [6.07, 6.45) is 3.98. The van der Waals surface area contributed by atoms with Crippen LogP contribution in [0.5, 0.6) is 0 Å². The molecule has 31 heavy (non-hydrogen) atoms. The second kappa shape index (κ2) is 9.13. The van der Waals surface area contributed by atoms with Crippen LogP contribution in [0.25, 0.3) is 10.8 Å². The normalized spacial score (nSPS) is 18.3. The van der Waals surface area contributed by atoms with Crippen molar-refractivity contribution in [2.24, 2.45) is 0 Å². The van der Waals surface area contributed by atoms with Crippen molar-refractivity contribution in [3.8, 4) is 0 Å². The Hall–Kier alpha value is -2.17. The molecule has 0 bridgehead atoms. The largest absolute Gasteiger partial charge is 0.303 e. The van der Waals surface area contributed by atoms with Crippen LogP contribution in [0.2, 0.25) is 0 Å². The highest BCUT2D eigenvalue weighted by Crippen LogP contribution is 2.32. The average Bonchev–Trinajstić information content (AvgIpc) is 2.79. The average molecular weight is 436 g/mol. The van der Waals surface area contributed by atoms with E-state index >= 15 is 0 Å². The number of rotatable bonds is 7. The van der Waals surface area contributed by atoms with Crippen LogP contribution < -0.4 is 0 Å². The van der Waals surface area contributed by atoms with E-state index in [4.69, 9.17) is 0 Å². The van der Waals surface area contributed by atoms with Crippen LogP contribution in [-0.4, -0.2) is 37.7 Å². The topological polar surface area (TPSA) is 37.4 Å². The lowest BCUT2D eigenvalue weighted by molar-refractivity contribution is 0.202. The molecule has 1 saturated heterocycles. The standard InChI is InChI=1S/C27H33NO2S/c1-27(2,31(29,30)26-13-4-3-5-14-26)17-9-19-28-18-8-12-25(21-28)24-16-15-22-10-6-7-11-23(22)20-24/h3-7,10-11,13-16,20,25H,8-9,12,17-19,21H2,1-2H3. The van der Waals surface area contributed by atoms with E-state index in [0.29, 0.717) is 17.2 Å². The molecule has 1 heterocycles. The molecule has 1 aliphatic heterocycles. The van der Waals surface area contributed by atoms with Crippen molar-refractivity contribution in [3.63, 3.8) is 0 Å². The van der Waals surface area contributed by atoms with E-state index in [1.807, 2.05) is 19.9 Å². The summed E-state index contributed by atoms with van der Waals surface area (Å²) >= 11 is 0. The van der Waals surface area contributed by atoms with Crippen LogP contribution in [0.15, 0.2) is 77.7 Å². The van der Waals surface area contributed by atoms with Gasteiger partial charge >= 0.3 is 0 Å². The fourth-order valence-corrected chi connectivity index (χ4v) is 6.34. The Bertz CT molecular complexity index is 1120. The Morgan fingerprint density at radius 2 is 1.65 bits per heavy atom. The van der Waals surface area contributed by atoms with Crippen LogP contribution in [-0.2, 0) is 9.84 Å². The predicted molar refractivity (Wildman–Crippen MR) is 129 cm³/mol. The molecule has 4 heteroatoms. The third kappa shape index (κ3) is 4.86. The molecule has 0 aromatic heterocycles. The van der Waals surface area contributed by atoms with E-state index in [0.717, 1.165) is 26.1 Å². The van der Waals surface area contributed by atoms with Crippen molar-refractivity contribution in [1.82, 2.24) is 4.90 Å². The maximum absolute atomic E-state index is 13.1. The Morgan fingerprint density at radius 1 is 0.935 bits per heavy atom. The summed E-state index contributed by atoms with van der Waals surface area (Å²) in [5.74, 6) is 0.555. The molecule has 1 atom stereocenters. The van der Waals surface area contributed by atoms with Crippen LogP contribution in [0.4, 0.5) is 0 Å². The van der Waals surface area contributed by atoms with Gasteiger partial charge in [0.05, 0.1) is 9.64 Å². The molecule has 4 rings (SSSR count). The number of sulfone groups is 1. The van der Waals surface area contributed by atoms with Crippen molar-refractivity contribution >= 4 is 20.6 Å². The number of fused-ring (bicyclic) bond motifs is 1. The van der Waals surface area contributed by atoms with Gasteiger partial charge in [0.1, 0.15) is 0 Å². The van der Waals surface area contributed by atoms with Gasteiger partial charge in [0.2, 0.25) is 0 Å². The van der Waals surface area contributed by atoms with Crippen LogP contribution >= 0.6 is 0 Å². The monoisotopic (exact) mass is 435 g/mol. The number of hydrogen-bond donors (Lipinski definition) is 0. The quantitative estimate of drug-likeness (QED) is 0.453. The van der Waals surface area contributed by atoms with Crippen LogP contribution in [0.1, 0.15) is 51.0 Å². The van der Waals surface area contributed by atoms with Gasteiger partial charge in [-0.15, -0.1) is 0 Å². The summed E-state index contributed by atoms with van der Waals surface area (Å²) in [5, 5.41) is 2.60. The lowest BCUT2D eigenvalue weighted by Crippen LogP contribution is -2.37. The number of likely N-dealkylation sites (tertiary alicyclic amines) is 1. The van der Waals surface area contributed by atoms with Gasteiger partial charge in [-0.2, -0.15) is 0 Å². The second-order valence-electron chi connectivity index (χ2n) is 9.43. The molecule has 1 fully saturated rings. The molecule has 0 amide bonds. The zero-order valence-corrected chi connectivity index (χ0v) is 19.4. The molecule has 1 aliphatic rings. The first-order valence-electron chi connectivity index (χ1n) is 11.4. The van der Waals surface area contributed by atoms with Crippen molar-refractivity contribution in [1.29, 1.82) is 0 Å². The van der Waals surface area contributed by atoms with Gasteiger partial charge in [0.15, 0.2) is 9.84 Å². The summed E-state index contributed by atoms with van der Waals surface area (Å²) in [5.41, 5.74) is 1.43. The van der Waals surface area contributed by atoms with E-state index in [1.54, 1.807) is 24.3 Å². The van der Waals surface area contributed by atoms with Gasteiger partial charge in [-0.3, -0.25) is 0 Å². The summed E-state index contributed by atoms with van der Waals surface area (Å²) < 4.78 is 25.4. The van der Waals surface area contributed by atoms with Gasteiger partial charge in [-0.1, -0.05) is 60.7 Å². The molecule has 164 valence electrons. The minimum absolute atomic E-state index is 0.425. The van der Waals surface area contributed by atoms with Gasteiger partial charge in [-0.05, 0) is 87.0 Å². The van der Waals surface area contributed by atoms with E-state index in [-0.39, 0.29) is 0 Å². The smallest absolute Gasteiger partial charge is 0.183 e. The Labute approximate surface area is 187 Å². The molecule has 0 N–H and O–H groups in total. The van der Waals surface area contributed by atoms with E-state index in [2.05, 4.69) is 47.4 Å². The predicted octanol–water partition coefficient (Wildman–Crippen LogP) is 6.05. The van der Waals surface area contributed by atoms with Crippen molar-refractivity contribution in [2.75, 3.05) is 19.6 Å². The lowest BCUT2D eigenvalue weighted by atomic mass is 9.89. The molecule has 0 spiro atoms. The molecule has 3 aromatic rings. The fourth-order valence-electron chi connectivity index (χ4n) is 4.77. The second-order valence-corrected chi connectivity index (χ2v) is 12.0. The molecule has 0 saturated carbocycles. The first-order chi connectivity index (χ1) is 14.9. The molecular formula is C27H33NO2S. The third-order valence-corrected chi connectivity index (χ3v) is 9.34. The lowest BCUT2D eigenvalue weighted by Gasteiger charge is -2.34. The molecule has 0 radical (unpaired) electrons. The van der Waals surface area contributed by atoms with Crippen molar-refractivity contribution < 1.29 is 8.42 Å². The maximum atomic E-state index is 13.1. The van der Waals surface area contributed by atoms with E-state index in [1.165, 1.54) is 29.2 Å².